The fourth-order valence-electron chi connectivity index (χ4n) is 1.66. The average molecular weight is 349 g/mol. The Morgan fingerprint density at radius 3 is 2.79 bits per heavy atom. The summed E-state index contributed by atoms with van der Waals surface area (Å²) >= 11 is 3.07. The van der Waals surface area contributed by atoms with Gasteiger partial charge < -0.3 is 0 Å². The zero-order valence-corrected chi connectivity index (χ0v) is 12.8. The summed E-state index contributed by atoms with van der Waals surface area (Å²) < 4.78 is 30.0. The van der Waals surface area contributed by atoms with Crippen molar-refractivity contribution in [2.45, 2.75) is 24.5 Å². The van der Waals surface area contributed by atoms with Crippen molar-refractivity contribution in [2.24, 2.45) is 7.05 Å². The molecule has 2 aromatic rings. The first-order valence-corrected chi connectivity index (χ1v) is 7.72. The molecular formula is C9H13BrN6O2S. The SMILES string of the molecule is CC(Cn1cccn1)NS(=O)(=O)c1c(Br)nnn1C. The van der Waals surface area contributed by atoms with Gasteiger partial charge >= 0.3 is 0 Å². The topological polar surface area (TPSA) is 94.7 Å². The fourth-order valence-corrected chi connectivity index (χ4v) is 3.98. The number of rotatable bonds is 5. The molecule has 0 aliphatic heterocycles. The number of hydrogen-bond acceptors (Lipinski definition) is 5. The van der Waals surface area contributed by atoms with E-state index in [0.717, 1.165) is 0 Å². The van der Waals surface area contributed by atoms with Crippen molar-refractivity contribution in [3.05, 3.63) is 23.1 Å². The molecule has 2 rings (SSSR count). The number of nitrogens with one attached hydrogen (secondary N) is 1. The van der Waals surface area contributed by atoms with Crippen LogP contribution in [0.25, 0.3) is 0 Å². The molecule has 104 valence electrons. The molecule has 19 heavy (non-hydrogen) atoms. The van der Waals surface area contributed by atoms with Gasteiger partial charge in [0.15, 0.2) is 4.60 Å². The molecule has 0 aromatic carbocycles. The lowest BCUT2D eigenvalue weighted by atomic mass is 10.4. The Hall–Kier alpha value is -1.26. The molecule has 0 radical (unpaired) electrons. The monoisotopic (exact) mass is 348 g/mol. The minimum absolute atomic E-state index is 0.000171. The summed E-state index contributed by atoms with van der Waals surface area (Å²) in [6.07, 6.45) is 3.41. The van der Waals surface area contributed by atoms with Gasteiger partial charge in [-0.2, -0.15) is 5.10 Å². The van der Waals surface area contributed by atoms with E-state index in [4.69, 9.17) is 0 Å². The molecule has 2 heterocycles. The third-order valence-corrected chi connectivity index (χ3v) is 4.84. The Morgan fingerprint density at radius 2 is 2.26 bits per heavy atom. The number of hydrogen-bond donors (Lipinski definition) is 1. The summed E-state index contributed by atoms with van der Waals surface area (Å²) in [5, 5.41) is 11.3. The van der Waals surface area contributed by atoms with E-state index in [1.807, 2.05) is 0 Å². The second-order valence-corrected chi connectivity index (χ2v) is 6.44. The van der Waals surface area contributed by atoms with E-state index in [-0.39, 0.29) is 15.7 Å². The molecule has 0 amide bonds. The molecule has 8 nitrogen and oxygen atoms in total. The fraction of sp³-hybridized carbons (Fsp3) is 0.444. The lowest BCUT2D eigenvalue weighted by Gasteiger charge is -2.14. The van der Waals surface area contributed by atoms with E-state index in [0.29, 0.717) is 6.54 Å². The van der Waals surface area contributed by atoms with Crippen molar-refractivity contribution in [2.75, 3.05) is 0 Å². The number of aromatic nitrogens is 5. The highest BCUT2D eigenvalue weighted by Gasteiger charge is 2.25. The van der Waals surface area contributed by atoms with Gasteiger partial charge in [0.1, 0.15) is 0 Å². The molecular weight excluding hydrogens is 336 g/mol. The molecule has 1 N–H and O–H groups in total. The summed E-state index contributed by atoms with van der Waals surface area (Å²) in [4.78, 5) is 0. The van der Waals surface area contributed by atoms with Crippen molar-refractivity contribution in [3.8, 4) is 0 Å². The van der Waals surface area contributed by atoms with Gasteiger partial charge in [-0.1, -0.05) is 5.21 Å². The number of halogens is 1. The number of nitrogens with zero attached hydrogens (tertiary/aromatic N) is 5. The van der Waals surface area contributed by atoms with Gasteiger partial charge in [-0.3, -0.25) is 4.68 Å². The summed E-state index contributed by atoms with van der Waals surface area (Å²) in [6, 6.07) is 1.47. The van der Waals surface area contributed by atoms with Crippen LogP contribution in [0, 0.1) is 0 Å². The Bertz CT molecular complexity index is 631. The first-order chi connectivity index (χ1) is 8.90. The Morgan fingerprint density at radius 1 is 1.53 bits per heavy atom. The van der Waals surface area contributed by atoms with E-state index in [9.17, 15) is 8.42 Å². The average Bonchev–Trinajstić information content (AvgIpc) is 2.88. The van der Waals surface area contributed by atoms with Crippen LogP contribution in [0.4, 0.5) is 0 Å². The standard InChI is InChI=1S/C9H13BrN6O2S/c1-7(6-16-5-3-4-11-16)13-19(17,18)9-8(10)12-14-15(9)2/h3-5,7,13H,6H2,1-2H3. The van der Waals surface area contributed by atoms with E-state index >= 15 is 0 Å². The third-order valence-electron chi connectivity index (χ3n) is 2.37. The summed E-state index contributed by atoms with van der Waals surface area (Å²) in [7, 11) is -2.16. The maximum absolute atomic E-state index is 12.2. The zero-order chi connectivity index (χ0) is 14.0. The van der Waals surface area contributed by atoms with Crippen LogP contribution in [0.2, 0.25) is 0 Å². The van der Waals surface area contributed by atoms with Crippen LogP contribution in [0.5, 0.6) is 0 Å². The summed E-state index contributed by atoms with van der Waals surface area (Å²) in [5.41, 5.74) is 0. The molecule has 0 spiro atoms. The molecule has 1 atom stereocenters. The van der Waals surface area contributed by atoms with Crippen molar-refractivity contribution in [1.82, 2.24) is 29.5 Å². The Balaban J connectivity index is 2.13. The van der Waals surface area contributed by atoms with Crippen LogP contribution >= 0.6 is 15.9 Å². The second kappa shape index (κ2) is 5.39. The van der Waals surface area contributed by atoms with E-state index in [2.05, 4.69) is 36.1 Å². The van der Waals surface area contributed by atoms with Crippen LogP contribution < -0.4 is 4.72 Å². The van der Waals surface area contributed by atoms with Crippen LogP contribution in [0.15, 0.2) is 28.1 Å². The Labute approximate surface area is 119 Å². The number of sulfonamides is 1. The largest absolute Gasteiger partial charge is 0.271 e. The maximum atomic E-state index is 12.2. The van der Waals surface area contributed by atoms with Crippen LogP contribution in [-0.4, -0.2) is 39.2 Å². The van der Waals surface area contributed by atoms with Gasteiger partial charge in [0.05, 0.1) is 6.54 Å². The van der Waals surface area contributed by atoms with E-state index < -0.39 is 10.0 Å². The van der Waals surface area contributed by atoms with E-state index in [1.54, 1.807) is 30.1 Å². The highest BCUT2D eigenvalue weighted by atomic mass is 79.9. The molecule has 0 aliphatic rings. The van der Waals surface area contributed by atoms with Crippen molar-refractivity contribution in [3.63, 3.8) is 0 Å². The van der Waals surface area contributed by atoms with Crippen molar-refractivity contribution in [1.29, 1.82) is 0 Å². The van der Waals surface area contributed by atoms with Gasteiger partial charge in [0.25, 0.3) is 10.0 Å². The van der Waals surface area contributed by atoms with Crippen LogP contribution in [-0.2, 0) is 23.6 Å². The molecule has 0 saturated heterocycles. The normalized spacial score (nSPS) is 13.6. The lowest BCUT2D eigenvalue weighted by molar-refractivity contribution is 0.488. The van der Waals surface area contributed by atoms with Gasteiger partial charge in [-0.25, -0.2) is 17.8 Å². The second-order valence-electron chi connectivity index (χ2n) is 4.06. The van der Waals surface area contributed by atoms with Crippen molar-refractivity contribution < 1.29 is 8.42 Å². The molecule has 2 aromatic heterocycles. The Kier molecular flexibility index (Phi) is 4.02. The number of aryl methyl sites for hydroxylation is 1. The van der Waals surface area contributed by atoms with Gasteiger partial charge in [0, 0.05) is 25.5 Å². The molecule has 0 saturated carbocycles. The molecule has 0 fully saturated rings. The first kappa shape index (κ1) is 14.2. The predicted molar refractivity (Wildman–Crippen MR) is 70.7 cm³/mol. The van der Waals surface area contributed by atoms with Gasteiger partial charge in [-0.15, -0.1) is 5.10 Å². The molecule has 1 unspecified atom stereocenters. The minimum atomic E-state index is -3.68. The summed E-state index contributed by atoms with van der Waals surface area (Å²) in [5.74, 6) is 0. The zero-order valence-electron chi connectivity index (χ0n) is 10.4. The highest BCUT2D eigenvalue weighted by Crippen LogP contribution is 2.17. The minimum Gasteiger partial charge on any atom is -0.271 e. The van der Waals surface area contributed by atoms with Gasteiger partial charge in [0.2, 0.25) is 5.03 Å². The molecule has 10 heteroatoms. The van der Waals surface area contributed by atoms with Crippen molar-refractivity contribution >= 4 is 26.0 Å². The predicted octanol–water partition coefficient (Wildman–Crippen LogP) is 0.141. The van der Waals surface area contributed by atoms with Gasteiger partial charge in [-0.05, 0) is 28.9 Å². The lowest BCUT2D eigenvalue weighted by Crippen LogP contribution is -2.36. The van der Waals surface area contributed by atoms with E-state index in [1.165, 1.54) is 11.7 Å². The maximum Gasteiger partial charge on any atom is 0.260 e. The molecule has 0 bridgehead atoms. The highest BCUT2D eigenvalue weighted by molar-refractivity contribution is 9.10. The quantitative estimate of drug-likeness (QED) is 0.829. The van der Waals surface area contributed by atoms with Crippen LogP contribution in [0.1, 0.15) is 6.92 Å². The molecule has 0 aliphatic carbocycles. The first-order valence-electron chi connectivity index (χ1n) is 5.45. The third kappa shape index (κ3) is 3.19. The van der Waals surface area contributed by atoms with Crippen LogP contribution in [0.3, 0.4) is 0 Å². The smallest absolute Gasteiger partial charge is 0.260 e. The summed E-state index contributed by atoms with van der Waals surface area (Å²) in [6.45, 7) is 2.20.